The molecule has 1 unspecified atom stereocenters. The van der Waals surface area contributed by atoms with Crippen molar-refractivity contribution < 1.29 is 4.39 Å². The van der Waals surface area contributed by atoms with Crippen LogP contribution in [0.25, 0.3) is 11.3 Å². The van der Waals surface area contributed by atoms with E-state index in [0.717, 1.165) is 24.2 Å². The molecule has 18 heavy (non-hydrogen) atoms. The highest BCUT2D eigenvalue weighted by Gasteiger charge is 2.20. The normalized spacial score (nSPS) is 19.3. The van der Waals surface area contributed by atoms with Gasteiger partial charge in [-0.3, -0.25) is 4.68 Å². The van der Waals surface area contributed by atoms with E-state index in [9.17, 15) is 4.39 Å². The molecule has 2 heterocycles. The Morgan fingerprint density at radius 1 is 1.39 bits per heavy atom. The lowest BCUT2D eigenvalue weighted by atomic mass is 10.1. The van der Waals surface area contributed by atoms with Gasteiger partial charge in [-0.2, -0.15) is 5.10 Å². The number of aromatic nitrogens is 2. The maximum atomic E-state index is 13.2. The number of hydrogen-bond donors (Lipinski definition) is 1. The fourth-order valence-electron chi connectivity index (χ4n) is 2.53. The molecule has 1 N–H and O–H groups in total. The van der Waals surface area contributed by atoms with Gasteiger partial charge in [-0.1, -0.05) is 12.1 Å². The lowest BCUT2D eigenvalue weighted by molar-refractivity contribution is 0.574. The number of nitrogens with zero attached hydrogens (tertiary/aromatic N) is 2. The Labute approximate surface area is 106 Å². The molecule has 2 aromatic rings. The lowest BCUT2D eigenvalue weighted by Gasteiger charge is -2.09. The molecule has 3 nitrogen and oxygen atoms in total. The van der Waals surface area contributed by atoms with E-state index < -0.39 is 0 Å². The predicted molar refractivity (Wildman–Crippen MR) is 68.6 cm³/mol. The molecule has 4 heteroatoms. The highest BCUT2D eigenvalue weighted by Crippen LogP contribution is 2.27. The minimum absolute atomic E-state index is 0.223. The predicted octanol–water partition coefficient (Wildman–Crippen LogP) is 2.65. The summed E-state index contributed by atoms with van der Waals surface area (Å²) in [4.78, 5) is 0. The molecule has 0 radical (unpaired) electrons. The van der Waals surface area contributed by atoms with Gasteiger partial charge in [0.2, 0.25) is 0 Å². The standard InChI is InChI=1S/C14H16FN3/c1-18-14(12-6-3-7-16-12)9-13(17-18)10-4-2-5-11(15)8-10/h2,4-5,8-9,12,16H,3,6-7H2,1H3. The van der Waals surface area contributed by atoms with Crippen LogP contribution in [-0.2, 0) is 7.05 Å². The molecular formula is C14H16FN3. The van der Waals surface area contributed by atoms with E-state index >= 15 is 0 Å². The van der Waals surface area contributed by atoms with E-state index in [2.05, 4.69) is 16.5 Å². The van der Waals surface area contributed by atoms with Gasteiger partial charge in [0.25, 0.3) is 0 Å². The maximum absolute atomic E-state index is 13.2. The Balaban J connectivity index is 1.96. The fraction of sp³-hybridized carbons (Fsp3) is 0.357. The highest BCUT2D eigenvalue weighted by atomic mass is 19.1. The zero-order valence-electron chi connectivity index (χ0n) is 10.4. The zero-order valence-corrected chi connectivity index (χ0v) is 10.4. The van der Waals surface area contributed by atoms with Crippen molar-refractivity contribution in [3.8, 4) is 11.3 Å². The topological polar surface area (TPSA) is 29.9 Å². The summed E-state index contributed by atoms with van der Waals surface area (Å²) in [5, 5.41) is 7.93. The van der Waals surface area contributed by atoms with E-state index in [1.807, 2.05) is 17.8 Å². The van der Waals surface area contributed by atoms with Crippen molar-refractivity contribution in [1.82, 2.24) is 15.1 Å². The van der Waals surface area contributed by atoms with Crippen LogP contribution in [0.3, 0.4) is 0 Å². The Morgan fingerprint density at radius 2 is 2.28 bits per heavy atom. The second kappa shape index (κ2) is 4.53. The van der Waals surface area contributed by atoms with Crippen LogP contribution in [0.2, 0.25) is 0 Å². The first kappa shape index (κ1) is 11.4. The first-order valence-electron chi connectivity index (χ1n) is 6.27. The molecular weight excluding hydrogens is 229 g/mol. The number of aryl methyl sites for hydroxylation is 1. The molecule has 1 fully saturated rings. The molecule has 1 aliphatic rings. The van der Waals surface area contributed by atoms with Gasteiger partial charge in [-0.25, -0.2) is 4.39 Å². The van der Waals surface area contributed by atoms with Crippen molar-refractivity contribution in [3.05, 3.63) is 41.8 Å². The van der Waals surface area contributed by atoms with Crippen molar-refractivity contribution in [2.45, 2.75) is 18.9 Å². The molecule has 1 aliphatic heterocycles. The third kappa shape index (κ3) is 2.04. The average molecular weight is 245 g/mol. The number of nitrogens with one attached hydrogen (secondary N) is 1. The van der Waals surface area contributed by atoms with E-state index in [1.54, 1.807) is 6.07 Å². The molecule has 1 atom stereocenters. The van der Waals surface area contributed by atoms with Crippen LogP contribution in [0.15, 0.2) is 30.3 Å². The second-order valence-electron chi connectivity index (χ2n) is 4.74. The summed E-state index contributed by atoms with van der Waals surface area (Å²) < 4.78 is 15.1. The number of rotatable bonds is 2. The largest absolute Gasteiger partial charge is 0.309 e. The molecule has 0 bridgehead atoms. The SMILES string of the molecule is Cn1nc(-c2cccc(F)c2)cc1C1CCCN1. The van der Waals surface area contributed by atoms with Gasteiger partial charge in [0.05, 0.1) is 11.4 Å². The Morgan fingerprint density at radius 3 is 3.00 bits per heavy atom. The van der Waals surface area contributed by atoms with Gasteiger partial charge in [0.1, 0.15) is 5.82 Å². The highest BCUT2D eigenvalue weighted by molar-refractivity contribution is 5.59. The molecule has 3 rings (SSSR count). The van der Waals surface area contributed by atoms with Crippen molar-refractivity contribution in [3.63, 3.8) is 0 Å². The van der Waals surface area contributed by atoms with Gasteiger partial charge >= 0.3 is 0 Å². The summed E-state index contributed by atoms with van der Waals surface area (Å²) in [5.74, 6) is -0.223. The van der Waals surface area contributed by atoms with Crippen molar-refractivity contribution in [2.75, 3.05) is 6.54 Å². The van der Waals surface area contributed by atoms with E-state index in [0.29, 0.717) is 6.04 Å². The minimum atomic E-state index is -0.223. The Bertz CT molecular complexity index is 556. The first-order valence-corrected chi connectivity index (χ1v) is 6.27. The van der Waals surface area contributed by atoms with Crippen LogP contribution in [0, 0.1) is 5.82 Å². The first-order chi connectivity index (χ1) is 8.74. The van der Waals surface area contributed by atoms with Gasteiger partial charge in [-0.15, -0.1) is 0 Å². The molecule has 0 spiro atoms. The van der Waals surface area contributed by atoms with Gasteiger partial charge < -0.3 is 5.32 Å². The number of benzene rings is 1. The van der Waals surface area contributed by atoms with Crippen LogP contribution in [0.1, 0.15) is 24.6 Å². The maximum Gasteiger partial charge on any atom is 0.123 e. The van der Waals surface area contributed by atoms with Crippen LogP contribution in [0.4, 0.5) is 4.39 Å². The van der Waals surface area contributed by atoms with Gasteiger partial charge in [-0.05, 0) is 37.6 Å². The van der Waals surface area contributed by atoms with Gasteiger partial charge in [0, 0.05) is 18.7 Å². The van der Waals surface area contributed by atoms with Crippen molar-refractivity contribution >= 4 is 0 Å². The Kier molecular flexibility index (Phi) is 2.88. The summed E-state index contributed by atoms with van der Waals surface area (Å²) in [6, 6.07) is 9.01. The molecule has 1 saturated heterocycles. The molecule has 94 valence electrons. The summed E-state index contributed by atoms with van der Waals surface area (Å²) in [7, 11) is 1.94. The number of halogens is 1. The summed E-state index contributed by atoms with van der Waals surface area (Å²) in [5.41, 5.74) is 2.84. The molecule has 1 aromatic heterocycles. The molecule has 0 saturated carbocycles. The number of hydrogen-bond acceptors (Lipinski definition) is 2. The fourth-order valence-corrected chi connectivity index (χ4v) is 2.53. The smallest absolute Gasteiger partial charge is 0.123 e. The summed E-state index contributed by atoms with van der Waals surface area (Å²) in [6.45, 7) is 1.06. The average Bonchev–Trinajstić information content (AvgIpc) is 2.97. The quantitative estimate of drug-likeness (QED) is 0.881. The van der Waals surface area contributed by atoms with Crippen LogP contribution in [-0.4, -0.2) is 16.3 Å². The van der Waals surface area contributed by atoms with E-state index in [1.165, 1.54) is 24.2 Å². The minimum Gasteiger partial charge on any atom is -0.309 e. The van der Waals surface area contributed by atoms with E-state index in [4.69, 9.17) is 0 Å². The van der Waals surface area contributed by atoms with E-state index in [-0.39, 0.29) is 5.82 Å². The molecule has 0 aliphatic carbocycles. The lowest BCUT2D eigenvalue weighted by Crippen LogP contribution is -2.16. The third-order valence-electron chi connectivity index (χ3n) is 3.45. The summed E-state index contributed by atoms with van der Waals surface area (Å²) in [6.07, 6.45) is 2.34. The summed E-state index contributed by atoms with van der Waals surface area (Å²) >= 11 is 0. The van der Waals surface area contributed by atoms with Crippen LogP contribution < -0.4 is 5.32 Å². The van der Waals surface area contributed by atoms with Crippen LogP contribution in [0.5, 0.6) is 0 Å². The zero-order chi connectivity index (χ0) is 12.5. The Hall–Kier alpha value is -1.68. The molecule has 1 aromatic carbocycles. The monoisotopic (exact) mass is 245 g/mol. The van der Waals surface area contributed by atoms with Gasteiger partial charge in [0.15, 0.2) is 0 Å². The van der Waals surface area contributed by atoms with Crippen molar-refractivity contribution in [1.29, 1.82) is 0 Å². The molecule has 0 amide bonds. The third-order valence-corrected chi connectivity index (χ3v) is 3.45. The van der Waals surface area contributed by atoms with Crippen LogP contribution >= 0.6 is 0 Å². The van der Waals surface area contributed by atoms with Crippen molar-refractivity contribution in [2.24, 2.45) is 7.05 Å². The second-order valence-corrected chi connectivity index (χ2v) is 4.74.